The van der Waals surface area contributed by atoms with Gasteiger partial charge in [-0.25, -0.2) is 9.97 Å². The topological polar surface area (TPSA) is 90.2 Å². The lowest BCUT2D eigenvalue weighted by Crippen LogP contribution is -1.99. The number of aromatic nitrogens is 2. The maximum absolute atomic E-state index is 11.1. The molecule has 0 aliphatic rings. The molecular formula is C16H13ClN4O3. The molecule has 0 bridgehead atoms. The van der Waals surface area contributed by atoms with Crippen molar-refractivity contribution in [2.75, 3.05) is 12.4 Å². The lowest BCUT2D eigenvalue weighted by atomic mass is 10.1. The Morgan fingerprint density at radius 2 is 2.04 bits per heavy atom. The summed E-state index contributed by atoms with van der Waals surface area (Å²) >= 11 is 5.93. The summed E-state index contributed by atoms with van der Waals surface area (Å²) < 4.78 is 5.18. The van der Waals surface area contributed by atoms with Crippen LogP contribution < -0.4 is 10.1 Å². The van der Waals surface area contributed by atoms with Gasteiger partial charge in [0.05, 0.1) is 17.5 Å². The first-order valence-electron chi connectivity index (χ1n) is 7.00. The van der Waals surface area contributed by atoms with E-state index in [9.17, 15) is 10.1 Å². The lowest BCUT2D eigenvalue weighted by Gasteiger charge is -2.12. The van der Waals surface area contributed by atoms with Gasteiger partial charge < -0.3 is 10.1 Å². The second-order valence-corrected chi connectivity index (χ2v) is 5.51. The number of rotatable bonds is 4. The van der Waals surface area contributed by atoms with Crippen molar-refractivity contribution in [3.8, 4) is 5.75 Å². The van der Waals surface area contributed by atoms with E-state index in [0.717, 1.165) is 17.0 Å². The summed E-state index contributed by atoms with van der Waals surface area (Å²) in [5.74, 6) is 1.21. The second-order valence-electron chi connectivity index (χ2n) is 5.11. The molecule has 0 unspecified atom stereocenters. The number of fused-ring (bicyclic) bond motifs is 1. The van der Waals surface area contributed by atoms with E-state index in [1.807, 2.05) is 25.1 Å². The van der Waals surface area contributed by atoms with Gasteiger partial charge in [-0.2, -0.15) is 0 Å². The van der Waals surface area contributed by atoms with E-state index in [2.05, 4.69) is 15.3 Å². The van der Waals surface area contributed by atoms with Crippen LogP contribution in [0.3, 0.4) is 0 Å². The van der Waals surface area contributed by atoms with Crippen molar-refractivity contribution in [1.82, 2.24) is 9.97 Å². The predicted octanol–water partition coefficient (Wildman–Crippen LogP) is 4.25. The monoisotopic (exact) mass is 344 g/mol. The van der Waals surface area contributed by atoms with Crippen LogP contribution in [-0.4, -0.2) is 22.0 Å². The highest BCUT2D eigenvalue weighted by Crippen LogP contribution is 2.33. The molecule has 0 saturated heterocycles. The molecule has 122 valence electrons. The van der Waals surface area contributed by atoms with Crippen LogP contribution in [0.1, 0.15) is 5.56 Å². The van der Waals surface area contributed by atoms with Gasteiger partial charge in [-0.3, -0.25) is 10.1 Å². The van der Waals surface area contributed by atoms with Gasteiger partial charge in [0.15, 0.2) is 0 Å². The number of nitrogens with one attached hydrogen (secondary N) is 1. The van der Waals surface area contributed by atoms with Crippen LogP contribution in [-0.2, 0) is 0 Å². The van der Waals surface area contributed by atoms with E-state index < -0.39 is 4.92 Å². The SMILES string of the molecule is COc1ccc(Nc2ncnc3cc(Cl)c([N+](=O)[O-])cc23)c(C)c1. The van der Waals surface area contributed by atoms with Crippen molar-refractivity contribution in [3.63, 3.8) is 0 Å². The van der Waals surface area contributed by atoms with E-state index >= 15 is 0 Å². The fourth-order valence-electron chi connectivity index (χ4n) is 2.34. The maximum Gasteiger partial charge on any atom is 0.288 e. The first-order chi connectivity index (χ1) is 11.5. The molecule has 0 fully saturated rings. The summed E-state index contributed by atoms with van der Waals surface area (Å²) in [6.45, 7) is 1.92. The van der Waals surface area contributed by atoms with Crippen LogP contribution in [0, 0.1) is 17.0 Å². The van der Waals surface area contributed by atoms with Crippen molar-refractivity contribution >= 4 is 39.7 Å². The molecule has 1 heterocycles. The molecule has 0 spiro atoms. The average molecular weight is 345 g/mol. The minimum absolute atomic E-state index is 0.0396. The first-order valence-corrected chi connectivity index (χ1v) is 7.37. The average Bonchev–Trinajstić information content (AvgIpc) is 2.55. The molecule has 7 nitrogen and oxygen atoms in total. The number of nitrogens with zero attached hydrogens (tertiary/aromatic N) is 3. The van der Waals surface area contributed by atoms with E-state index in [-0.39, 0.29) is 10.7 Å². The standard InChI is InChI=1S/C16H13ClN4O3/c1-9-5-10(24-2)3-4-13(9)20-16-11-6-15(21(22)23)12(17)7-14(11)18-8-19-16/h3-8H,1-2H3,(H,18,19,20). The largest absolute Gasteiger partial charge is 0.497 e. The van der Waals surface area contributed by atoms with Gasteiger partial charge in [-0.05, 0) is 36.8 Å². The Morgan fingerprint density at radius 1 is 1.25 bits per heavy atom. The zero-order valence-corrected chi connectivity index (χ0v) is 13.7. The number of aryl methyl sites for hydroxylation is 1. The smallest absolute Gasteiger partial charge is 0.288 e. The Hall–Kier alpha value is -2.93. The van der Waals surface area contributed by atoms with E-state index in [0.29, 0.717) is 16.7 Å². The molecule has 0 atom stereocenters. The van der Waals surface area contributed by atoms with E-state index in [1.165, 1.54) is 18.5 Å². The number of halogens is 1. The Kier molecular flexibility index (Phi) is 4.18. The first kappa shape index (κ1) is 15.9. The Balaban J connectivity index is 2.09. The molecule has 0 radical (unpaired) electrons. The van der Waals surface area contributed by atoms with Gasteiger partial charge in [0, 0.05) is 17.1 Å². The van der Waals surface area contributed by atoms with Crippen LogP contribution >= 0.6 is 11.6 Å². The maximum atomic E-state index is 11.1. The van der Waals surface area contributed by atoms with Gasteiger partial charge in [-0.15, -0.1) is 0 Å². The fraction of sp³-hybridized carbons (Fsp3) is 0.125. The molecule has 2 aromatic carbocycles. The van der Waals surface area contributed by atoms with Crippen molar-refractivity contribution in [2.45, 2.75) is 6.92 Å². The summed E-state index contributed by atoms with van der Waals surface area (Å²) in [6.07, 6.45) is 1.38. The molecular weight excluding hydrogens is 332 g/mol. The predicted molar refractivity (Wildman–Crippen MR) is 92.2 cm³/mol. The number of methoxy groups -OCH3 is 1. The number of benzene rings is 2. The molecule has 0 aliphatic carbocycles. The quantitative estimate of drug-likeness (QED) is 0.562. The van der Waals surface area contributed by atoms with E-state index in [4.69, 9.17) is 16.3 Å². The van der Waals surface area contributed by atoms with Crippen LogP contribution in [0.15, 0.2) is 36.7 Å². The molecule has 3 rings (SSSR count). The van der Waals surface area contributed by atoms with Crippen molar-refractivity contribution in [2.24, 2.45) is 0 Å². The fourth-order valence-corrected chi connectivity index (χ4v) is 2.56. The summed E-state index contributed by atoms with van der Waals surface area (Å²) in [6, 6.07) is 8.39. The van der Waals surface area contributed by atoms with Crippen molar-refractivity contribution in [3.05, 3.63) is 57.4 Å². The molecule has 1 N–H and O–H groups in total. The molecule has 24 heavy (non-hydrogen) atoms. The third-order valence-electron chi connectivity index (χ3n) is 3.59. The third-order valence-corrected chi connectivity index (χ3v) is 3.89. The summed E-state index contributed by atoms with van der Waals surface area (Å²) in [7, 11) is 1.60. The van der Waals surface area contributed by atoms with Gasteiger partial charge in [-0.1, -0.05) is 11.6 Å². The minimum Gasteiger partial charge on any atom is -0.497 e. The van der Waals surface area contributed by atoms with Crippen LogP contribution in [0.25, 0.3) is 10.9 Å². The number of nitro benzene ring substituents is 1. The van der Waals surface area contributed by atoms with Crippen LogP contribution in [0.5, 0.6) is 5.75 Å². The molecule has 0 aliphatic heterocycles. The highest BCUT2D eigenvalue weighted by atomic mass is 35.5. The van der Waals surface area contributed by atoms with Crippen LogP contribution in [0.2, 0.25) is 5.02 Å². The Bertz CT molecular complexity index is 946. The number of nitro groups is 1. The normalized spacial score (nSPS) is 10.6. The number of hydrogen-bond acceptors (Lipinski definition) is 6. The molecule has 0 saturated carbocycles. The third kappa shape index (κ3) is 2.93. The Labute approximate surface area is 142 Å². The van der Waals surface area contributed by atoms with Crippen LogP contribution in [0.4, 0.5) is 17.2 Å². The molecule has 8 heteroatoms. The van der Waals surface area contributed by atoms with Gasteiger partial charge in [0.25, 0.3) is 5.69 Å². The molecule has 3 aromatic rings. The van der Waals surface area contributed by atoms with Gasteiger partial charge in [0.2, 0.25) is 0 Å². The number of anilines is 2. The minimum atomic E-state index is -0.531. The summed E-state index contributed by atoms with van der Waals surface area (Å²) in [5, 5.41) is 14.8. The molecule has 0 amide bonds. The molecule has 1 aromatic heterocycles. The zero-order chi connectivity index (χ0) is 17.3. The van der Waals surface area contributed by atoms with Gasteiger partial charge >= 0.3 is 0 Å². The summed E-state index contributed by atoms with van der Waals surface area (Å²) in [4.78, 5) is 18.9. The van der Waals surface area contributed by atoms with E-state index in [1.54, 1.807) is 7.11 Å². The zero-order valence-electron chi connectivity index (χ0n) is 12.9. The highest BCUT2D eigenvalue weighted by Gasteiger charge is 2.16. The number of hydrogen-bond donors (Lipinski definition) is 1. The van der Waals surface area contributed by atoms with Crippen molar-refractivity contribution < 1.29 is 9.66 Å². The van der Waals surface area contributed by atoms with Gasteiger partial charge in [0.1, 0.15) is 22.9 Å². The second kappa shape index (κ2) is 6.29. The summed E-state index contributed by atoms with van der Waals surface area (Å²) in [5.41, 5.74) is 2.10. The Morgan fingerprint density at radius 3 is 2.71 bits per heavy atom. The lowest BCUT2D eigenvalue weighted by molar-refractivity contribution is -0.384. The number of ether oxygens (including phenoxy) is 1. The van der Waals surface area contributed by atoms with Crippen molar-refractivity contribution in [1.29, 1.82) is 0 Å². The highest BCUT2D eigenvalue weighted by molar-refractivity contribution is 6.33.